The molecule has 2 aromatic carbocycles. The summed E-state index contributed by atoms with van der Waals surface area (Å²) in [7, 11) is 0. The van der Waals surface area contributed by atoms with Gasteiger partial charge in [-0.2, -0.15) is 13.2 Å². The molecule has 1 unspecified atom stereocenters. The van der Waals surface area contributed by atoms with Gasteiger partial charge in [0, 0.05) is 22.8 Å². The Balaban J connectivity index is 1.59. The summed E-state index contributed by atoms with van der Waals surface area (Å²) in [5.74, 6) is -1.20. The topological polar surface area (TPSA) is 101 Å². The summed E-state index contributed by atoms with van der Waals surface area (Å²) < 4.78 is 38.5. The second kappa shape index (κ2) is 7.48. The zero-order valence-electron chi connectivity index (χ0n) is 15.2. The monoisotopic (exact) mass is 433 g/mol. The summed E-state index contributed by atoms with van der Waals surface area (Å²) >= 11 is 1.30. The molecule has 1 saturated heterocycles. The van der Waals surface area contributed by atoms with Crippen LogP contribution in [-0.2, 0) is 11.0 Å². The molecule has 154 valence electrons. The number of nitrogen functional groups attached to an aromatic ring is 1. The maximum atomic E-state index is 12.8. The Hall–Kier alpha value is -3.34. The van der Waals surface area contributed by atoms with E-state index in [0.29, 0.717) is 11.3 Å². The molecule has 4 rings (SSSR count). The van der Waals surface area contributed by atoms with Crippen LogP contribution in [-0.4, -0.2) is 32.5 Å². The van der Waals surface area contributed by atoms with Gasteiger partial charge in [-0.15, -0.1) is 11.8 Å². The highest BCUT2D eigenvalue weighted by Gasteiger charge is 2.36. The number of rotatable bonds is 3. The lowest BCUT2D eigenvalue weighted by Crippen LogP contribution is -2.45. The number of anilines is 1. The molecule has 0 aliphatic carbocycles. The molecule has 0 spiro atoms. The second-order valence-electron chi connectivity index (χ2n) is 6.46. The fourth-order valence-corrected chi connectivity index (χ4v) is 4.14. The fraction of sp³-hybridized carbons (Fsp3) is 0.158. The highest BCUT2D eigenvalue weighted by atomic mass is 32.2. The Bertz CT molecular complexity index is 1150. The summed E-state index contributed by atoms with van der Waals surface area (Å²) in [4.78, 5) is 32.8. The van der Waals surface area contributed by atoms with E-state index in [1.807, 2.05) is 0 Å². The number of halogens is 3. The predicted octanol–water partition coefficient (Wildman–Crippen LogP) is 3.15. The van der Waals surface area contributed by atoms with Crippen LogP contribution in [0.3, 0.4) is 0 Å². The number of carbonyl (C=O) groups is 2. The SMILES string of the molecule is Nc1ccccc1C1SCC(=O)N1NC(=O)c1ncc2cc(C(F)(F)F)ccc2n1. The summed E-state index contributed by atoms with van der Waals surface area (Å²) in [6.07, 6.45) is -3.36. The first-order chi connectivity index (χ1) is 14.2. The second-order valence-corrected chi connectivity index (χ2v) is 7.53. The van der Waals surface area contributed by atoms with E-state index in [-0.39, 0.29) is 28.4 Å². The van der Waals surface area contributed by atoms with Gasteiger partial charge in [-0.1, -0.05) is 18.2 Å². The van der Waals surface area contributed by atoms with Gasteiger partial charge in [-0.3, -0.25) is 15.0 Å². The first-order valence-corrected chi connectivity index (χ1v) is 9.72. The number of alkyl halides is 3. The predicted molar refractivity (Wildman–Crippen MR) is 105 cm³/mol. The van der Waals surface area contributed by atoms with Gasteiger partial charge in [0.25, 0.3) is 5.91 Å². The number of nitrogens with two attached hydrogens (primary N) is 1. The molecule has 3 aromatic rings. The number of nitrogens with one attached hydrogen (secondary N) is 1. The van der Waals surface area contributed by atoms with Gasteiger partial charge in [0.2, 0.25) is 5.82 Å². The van der Waals surface area contributed by atoms with E-state index in [2.05, 4.69) is 15.4 Å². The highest BCUT2D eigenvalue weighted by Crippen LogP contribution is 2.39. The lowest BCUT2D eigenvalue weighted by Gasteiger charge is -2.25. The number of amides is 2. The molecule has 0 radical (unpaired) electrons. The molecule has 30 heavy (non-hydrogen) atoms. The van der Waals surface area contributed by atoms with Crippen LogP contribution in [0.25, 0.3) is 10.9 Å². The number of nitrogens with zero attached hydrogens (tertiary/aromatic N) is 3. The molecule has 7 nitrogen and oxygen atoms in total. The van der Waals surface area contributed by atoms with Gasteiger partial charge in [0.05, 0.1) is 16.8 Å². The molecule has 1 aliphatic heterocycles. The molecule has 1 aliphatic rings. The standard InChI is InChI=1S/C19H14F3N5O2S/c20-19(21,22)11-5-6-14-10(7-11)8-24-16(25-14)17(29)26-27-15(28)9-30-18(27)12-3-1-2-4-13(12)23/h1-8,18H,9,23H2,(H,26,29). The lowest BCUT2D eigenvalue weighted by atomic mass is 10.1. The zero-order valence-corrected chi connectivity index (χ0v) is 16.0. The van der Waals surface area contributed by atoms with E-state index < -0.39 is 23.0 Å². The number of aromatic nitrogens is 2. The zero-order chi connectivity index (χ0) is 21.5. The van der Waals surface area contributed by atoms with Crippen LogP contribution in [0.5, 0.6) is 0 Å². The molecule has 1 atom stereocenters. The highest BCUT2D eigenvalue weighted by molar-refractivity contribution is 8.00. The van der Waals surface area contributed by atoms with Crippen LogP contribution in [0.15, 0.2) is 48.7 Å². The molecule has 11 heteroatoms. The number of benzene rings is 2. The molecule has 0 bridgehead atoms. The summed E-state index contributed by atoms with van der Waals surface area (Å²) in [5, 5.41) is 0.792. The van der Waals surface area contributed by atoms with E-state index in [0.717, 1.165) is 18.3 Å². The Morgan fingerprint density at radius 2 is 2.00 bits per heavy atom. The maximum absolute atomic E-state index is 12.8. The van der Waals surface area contributed by atoms with Crippen molar-refractivity contribution in [1.29, 1.82) is 0 Å². The quantitative estimate of drug-likeness (QED) is 0.616. The van der Waals surface area contributed by atoms with Gasteiger partial charge in [0.1, 0.15) is 5.37 Å². The van der Waals surface area contributed by atoms with Gasteiger partial charge < -0.3 is 5.73 Å². The summed E-state index contributed by atoms with van der Waals surface area (Å²) in [5.41, 5.74) is 8.96. The van der Waals surface area contributed by atoms with Crippen LogP contribution in [0, 0.1) is 0 Å². The summed E-state index contributed by atoms with van der Waals surface area (Å²) in [6, 6.07) is 9.95. The Labute approximate surface area is 172 Å². The number of carbonyl (C=O) groups excluding carboxylic acids is 2. The smallest absolute Gasteiger partial charge is 0.398 e. The first kappa shape index (κ1) is 20.0. The molecular formula is C19H14F3N5O2S. The number of hydrazine groups is 1. The van der Waals surface area contributed by atoms with Crippen molar-refractivity contribution in [2.75, 3.05) is 11.5 Å². The lowest BCUT2D eigenvalue weighted by molar-refractivity contribution is -0.137. The number of fused-ring (bicyclic) bond motifs is 1. The van der Waals surface area contributed by atoms with E-state index >= 15 is 0 Å². The van der Waals surface area contributed by atoms with E-state index in [1.54, 1.807) is 24.3 Å². The number of thioether (sulfide) groups is 1. The third-order valence-corrected chi connectivity index (χ3v) is 5.66. The minimum atomic E-state index is -4.49. The van der Waals surface area contributed by atoms with Crippen molar-refractivity contribution in [3.63, 3.8) is 0 Å². The molecule has 1 fully saturated rings. The van der Waals surface area contributed by atoms with Crippen LogP contribution >= 0.6 is 11.8 Å². The molecular weight excluding hydrogens is 419 g/mol. The van der Waals surface area contributed by atoms with Crippen LogP contribution in [0.1, 0.15) is 27.1 Å². The normalized spacial score (nSPS) is 16.8. The van der Waals surface area contributed by atoms with Gasteiger partial charge in [0.15, 0.2) is 0 Å². The van der Waals surface area contributed by atoms with Crippen molar-refractivity contribution >= 4 is 40.2 Å². The molecule has 2 amide bonds. The van der Waals surface area contributed by atoms with Gasteiger partial charge >= 0.3 is 12.1 Å². The minimum absolute atomic E-state index is 0.143. The third kappa shape index (κ3) is 3.75. The molecule has 1 aromatic heterocycles. The van der Waals surface area contributed by atoms with Gasteiger partial charge in [-0.05, 0) is 24.3 Å². The average Bonchev–Trinajstić information content (AvgIpc) is 3.07. The number of hydrogen-bond donors (Lipinski definition) is 2. The van der Waals surface area contributed by atoms with Crippen molar-refractivity contribution in [1.82, 2.24) is 20.4 Å². The van der Waals surface area contributed by atoms with Gasteiger partial charge in [-0.25, -0.2) is 15.0 Å². The Morgan fingerprint density at radius 3 is 2.73 bits per heavy atom. The van der Waals surface area contributed by atoms with Crippen molar-refractivity contribution in [3.05, 3.63) is 65.6 Å². The van der Waals surface area contributed by atoms with Crippen LogP contribution < -0.4 is 11.2 Å². The maximum Gasteiger partial charge on any atom is 0.416 e. The molecule has 0 saturated carbocycles. The molecule has 2 heterocycles. The van der Waals surface area contributed by atoms with E-state index in [1.165, 1.54) is 22.8 Å². The first-order valence-electron chi connectivity index (χ1n) is 8.67. The third-order valence-electron chi connectivity index (χ3n) is 4.46. The van der Waals surface area contributed by atoms with Crippen molar-refractivity contribution < 1.29 is 22.8 Å². The van der Waals surface area contributed by atoms with Crippen LogP contribution in [0.4, 0.5) is 18.9 Å². The van der Waals surface area contributed by atoms with Crippen molar-refractivity contribution in [2.24, 2.45) is 0 Å². The van der Waals surface area contributed by atoms with Crippen LogP contribution in [0.2, 0.25) is 0 Å². The summed E-state index contributed by atoms with van der Waals surface area (Å²) in [6.45, 7) is 0. The Morgan fingerprint density at radius 1 is 1.23 bits per heavy atom. The van der Waals surface area contributed by atoms with E-state index in [9.17, 15) is 22.8 Å². The number of hydrogen-bond acceptors (Lipinski definition) is 6. The fourth-order valence-electron chi connectivity index (χ4n) is 2.99. The number of para-hydroxylation sites is 1. The van der Waals surface area contributed by atoms with Crippen molar-refractivity contribution in [2.45, 2.75) is 11.6 Å². The van der Waals surface area contributed by atoms with Crippen molar-refractivity contribution in [3.8, 4) is 0 Å². The molecule has 3 N–H and O–H groups in total. The average molecular weight is 433 g/mol. The largest absolute Gasteiger partial charge is 0.416 e. The minimum Gasteiger partial charge on any atom is -0.398 e. The van der Waals surface area contributed by atoms with E-state index in [4.69, 9.17) is 5.73 Å². The Kier molecular flexibility index (Phi) is 4.98.